The second-order valence-electron chi connectivity index (χ2n) is 8.03. The summed E-state index contributed by atoms with van der Waals surface area (Å²) in [6, 6.07) is 6.48. The van der Waals surface area contributed by atoms with Gasteiger partial charge in [-0.1, -0.05) is 0 Å². The molecule has 1 N–H and O–H groups in total. The maximum Gasteiger partial charge on any atom is 0.256 e. The topological polar surface area (TPSA) is 98.2 Å². The van der Waals surface area contributed by atoms with Crippen LogP contribution in [0.4, 0.5) is 16.0 Å². The smallest absolute Gasteiger partial charge is 0.256 e. The molecule has 1 fully saturated rings. The Morgan fingerprint density at radius 3 is 2.65 bits per heavy atom. The van der Waals surface area contributed by atoms with E-state index in [1.54, 1.807) is 30.6 Å². The van der Waals surface area contributed by atoms with Crippen LogP contribution >= 0.6 is 0 Å². The number of pyridine rings is 1. The number of nitrogens with one attached hydrogen (secondary N) is 1. The lowest BCUT2D eigenvalue weighted by molar-refractivity contribution is 0.236. The summed E-state index contributed by atoms with van der Waals surface area (Å²) in [7, 11) is 0. The van der Waals surface area contributed by atoms with Gasteiger partial charge in [0.05, 0.1) is 29.8 Å². The number of aromatic nitrogens is 5. The predicted molar refractivity (Wildman–Crippen MR) is 125 cm³/mol. The number of fused-ring (bicyclic) bond motifs is 1. The molecule has 0 unspecified atom stereocenters. The molecule has 3 aromatic heterocycles. The van der Waals surface area contributed by atoms with Crippen LogP contribution in [0.2, 0.25) is 0 Å². The van der Waals surface area contributed by atoms with Gasteiger partial charge in [0.25, 0.3) is 5.88 Å². The third-order valence-corrected chi connectivity index (χ3v) is 5.51. The summed E-state index contributed by atoms with van der Waals surface area (Å²) in [6.45, 7) is 5.36. The Labute approximate surface area is 196 Å². The monoisotopic (exact) mass is 461 g/mol. The van der Waals surface area contributed by atoms with E-state index >= 15 is 0 Å². The second-order valence-corrected chi connectivity index (χ2v) is 8.03. The molecule has 0 atom stereocenters. The average molecular weight is 462 g/mol. The van der Waals surface area contributed by atoms with Crippen molar-refractivity contribution in [3.05, 3.63) is 60.7 Å². The van der Waals surface area contributed by atoms with Gasteiger partial charge in [-0.15, -0.1) is 0 Å². The minimum Gasteiger partial charge on any atom is -0.491 e. The zero-order chi connectivity index (χ0) is 23.3. The summed E-state index contributed by atoms with van der Waals surface area (Å²) in [4.78, 5) is 23.5. The van der Waals surface area contributed by atoms with Gasteiger partial charge >= 0.3 is 0 Å². The number of aryl methyl sites for hydroxylation is 1. The summed E-state index contributed by atoms with van der Waals surface area (Å²) in [6.07, 6.45) is 8.65. The van der Waals surface area contributed by atoms with Crippen LogP contribution in [0.15, 0.2) is 49.2 Å². The van der Waals surface area contributed by atoms with Gasteiger partial charge in [-0.05, 0) is 51.1 Å². The molecule has 174 valence electrons. The van der Waals surface area contributed by atoms with Gasteiger partial charge in [0.2, 0.25) is 0 Å². The molecule has 1 aromatic carbocycles. The zero-order valence-electron chi connectivity index (χ0n) is 18.7. The Kier molecular flexibility index (Phi) is 6.39. The molecule has 5 rings (SSSR count). The Bertz CT molecular complexity index is 1280. The minimum absolute atomic E-state index is 0.137. The van der Waals surface area contributed by atoms with E-state index in [4.69, 9.17) is 9.47 Å². The fourth-order valence-electron chi connectivity index (χ4n) is 3.75. The number of anilines is 2. The lowest BCUT2D eigenvalue weighted by Crippen LogP contribution is -2.25. The van der Waals surface area contributed by atoms with E-state index < -0.39 is 5.82 Å². The van der Waals surface area contributed by atoms with Crippen LogP contribution in [-0.2, 0) is 0 Å². The Hall–Kier alpha value is -3.92. The molecule has 9 nitrogen and oxygen atoms in total. The van der Waals surface area contributed by atoms with Crippen LogP contribution in [0, 0.1) is 12.7 Å². The molecule has 1 saturated heterocycles. The molecule has 34 heavy (non-hydrogen) atoms. The van der Waals surface area contributed by atoms with Crippen LogP contribution in [0.3, 0.4) is 0 Å². The third kappa shape index (κ3) is 5.18. The highest BCUT2D eigenvalue weighted by Crippen LogP contribution is 2.30. The van der Waals surface area contributed by atoms with Crippen LogP contribution < -0.4 is 14.8 Å². The molecule has 0 saturated carbocycles. The number of rotatable bonds is 8. The first kappa shape index (κ1) is 21.9. The molecule has 10 heteroatoms. The highest BCUT2D eigenvalue weighted by Gasteiger charge is 2.13. The van der Waals surface area contributed by atoms with Crippen molar-refractivity contribution in [1.29, 1.82) is 0 Å². The predicted octanol–water partition coefficient (Wildman–Crippen LogP) is 4.27. The molecule has 0 amide bonds. The van der Waals surface area contributed by atoms with Gasteiger partial charge in [-0.25, -0.2) is 24.3 Å². The first-order chi connectivity index (χ1) is 16.6. The standard InChI is InChI=1S/C24H24FN7O2/c1-16-12-27-22(14-26-16)31-23-19-10-17(4-5-21(19)29-15-30-23)34-24-20(25)11-18(13-28-24)33-9-8-32-6-2-3-7-32/h4-5,10-15H,2-3,6-9H2,1H3,(H,27,29,30,31). The lowest BCUT2D eigenvalue weighted by Gasteiger charge is -2.15. The molecule has 4 aromatic rings. The minimum atomic E-state index is -0.601. The van der Waals surface area contributed by atoms with Gasteiger partial charge in [-0.3, -0.25) is 9.88 Å². The van der Waals surface area contributed by atoms with Gasteiger partial charge in [-0.2, -0.15) is 0 Å². The van der Waals surface area contributed by atoms with Crippen molar-refractivity contribution in [3.63, 3.8) is 0 Å². The molecular weight excluding hydrogens is 437 g/mol. The number of ether oxygens (including phenoxy) is 2. The molecule has 0 aliphatic carbocycles. The van der Waals surface area contributed by atoms with E-state index in [0.29, 0.717) is 40.6 Å². The number of likely N-dealkylation sites (tertiary alicyclic amines) is 1. The number of nitrogens with zero attached hydrogens (tertiary/aromatic N) is 6. The van der Waals surface area contributed by atoms with Crippen molar-refractivity contribution in [3.8, 4) is 17.4 Å². The normalized spacial score (nSPS) is 13.8. The summed E-state index contributed by atoms with van der Waals surface area (Å²) in [5, 5.41) is 3.82. The molecule has 4 heterocycles. The average Bonchev–Trinajstić information content (AvgIpc) is 3.36. The highest BCUT2D eigenvalue weighted by molar-refractivity contribution is 5.91. The van der Waals surface area contributed by atoms with Crippen molar-refractivity contribution >= 4 is 22.5 Å². The van der Waals surface area contributed by atoms with Crippen LogP contribution in [0.1, 0.15) is 18.5 Å². The second kappa shape index (κ2) is 9.92. The van der Waals surface area contributed by atoms with E-state index in [0.717, 1.165) is 25.3 Å². The first-order valence-electron chi connectivity index (χ1n) is 11.1. The van der Waals surface area contributed by atoms with Crippen molar-refractivity contribution < 1.29 is 13.9 Å². The first-order valence-corrected chi connectivity index (χ1v) is 11.1. The third-order valence-electron chi connectivity index (χ3n) is 5.51. The molecular formula is C24H24FN7O2. The van der Waals surface area contributed by atoms with Crippen molar-refractivity contribution in [2.45, 2.75) is 19.8 Å². The largest absolute Gasteiger partial charge is 0.491 e. The Balaban J connectivity index is 1.29. The number of benzene rings is 1. The van der Waals surface area contributed by atoms with Gasteiger partial charge in [0.1, 0.15) is 36.1 Å². The van der Waals surface area contributed by atoms with E-state index in [2.05, 4.69) is 35.1 Å². The Morgan fingerprint density at radius 2 is 1.85 bits per heavy atom. The van der Waals surface area contributed by atoms with Gasteiger partial charge < -0.3 is 14.8 Å². The zero-order valence-corrected chi connectivity index (χ0v) is 18.7. The lowest BCUT2D eigenvalue weighted by atomic mass is 10.2. The van der Waals surface area contributed by atoms with Crippen LogP contribution in [-0.4, -0.2) is 56.1 Å². The van der Waals surface area contributed by atoms with Gasteiger partial charge in [0, 0.05) is 18.0 Å². The highest BCUT2D eigenvalue weighted by atomic mass is 19.1. The summed E-state index contributed by atoms with van der Waals surface area (Å²) >= 11 is 0. The van der Waals surface area contributed by atoms with E-state index in [-0.39, 0.29) is 5.88 Å². The molecule has 0 spiro atoms. The van der Waals surface area contributed by atoms with E-state index in [1.165, 1.54) is 31.4 Å². The van der Waals surface area contributed by atoms with Crippen molar-refractivity contribution in [2.75, 3.05) is 31.6 Å². The van der Waals surface area contributed by atoms with E-state index in [1.807, 2.05) is 6.92 Å². The maximum atomic E-state index is 14.6. The molecule has 1 aliphatic rings. The van der Waals surface area contributed by atoms with Crippen molar-refractivity contribution in [1.82, 2.24) is 29.8 Å². The van der Waals surface area contributed by atoms with Crippen molar-refractivity contribution in [2.24, 2.45) is 0 Å². The van der Waals surface area contributed by atoms with Crippen LogP contribution in [0.5, 0.6) is 17.4 Å². The SMILES string of the molecule is Cc1cnc(Nc2ncnc3ccc(Oc4ncc(OCCN5CCCC5)cc4F)cc23)cn1. The summed E-state index contributed by atoms with van der Waals surface area (Å²) < 4.78 is 26.0. The fraction of sp³-hybridized carbons (Fsp3) is 0.292. The summed E-state index contributed by atoms with van der Waals surface area (Å²) in [5.41, 5.74) is 1.51. The molecule has 0 bridgehead atoms. The van der Waals surface area contributed by atoms with Crippen LogP contribution in [0.25, 0.3) is 10.9 Å². The molecule has 0 radical (unpaired) electrons. The number of halogens is 1. The number of hydrogen-bond acceptors (Lipinski definition) is 9. The number of hydrogen-bond donors (Lipinski definition) is 1. The quantitative estimate of drug-likeness (QED) is 0.412. The fourth-order valence-corrected chi connectivity index (χ4v) is 3.75. The summed E-state index contributed by atoms with van der Waals surface area (Å²) in [5.74, 6) is 1.11. The maximum absolute atomic E-state index is 14.6. The van der Waals surface area contributed by atoms with Gasteiger partial charge in [0.15, 0.2) is 5.82 Å². The van der Waals surface area contributed by atoms with E-state index in [9.17, 15) is 4.39 Å². The molecule has 1 aliphatic heterocycles. The Morgan fingerprint density at radius 1 is 0.971 bits per heavy atom.